The summed E-state index contributed by atoms with van der Waals surface area (Å²) in [5.41, 5.74) is 2.40. The minimum Gasteiger partial charge on any atom is -0.480 e. The molecule has 1 N–H and O–H groups in total. The molecule has 1 atom stereocenters. The summed E-state index contributed by atoms with van der Waals surface area (Å²) in [4.78, 5) is 18.4. The van der Waals surface area contributed by atoms with Gasteiger partial charge in [0.15, 0.2) is 6.10 Å². The van der Waals surface area contributed by atoms with Crippen molar-refractivity contribution in [1.29, 1.82) is 0 Å². The molecule has 1 amide bonds. The Morgan fingerprint density at radius 3 is 3.04 bits per heavy atom. The molecule has 0 spiro atoms. The monoisotopic (exact) mass is 328 g/mol. The van der Waals surface area contributed by atoms with Gasteiger partial charge >= 0.3 is 0 Å². The van der Waals surface area contributed by atoms with Crippen molar-refractivity contribution in [1.82, 2.24) is 10.3 Å². The maximum atomic E-state index is 12.2. The molecule has 1 aromatic carbocycles. The number of aryl methyl sites for hydroxylation is 2. The first-order valence-corrected chi connectivity index (χ1v) is 9.11. The van der Waals surface area contributed by atoms with Crippen molar-refractivity contribution >= 4 is 17.2 Å². The number of amides is 1. The Morgan fingerprint density at radius 1 is 1.30 bits per heavy atom. The minimum absolute atomic E-state index is 0.0254. The fourth-order valence-electron chi connectivity index (χ4n) is 3.25. The van der Waals surface area contributed by atoms with Gasteiger partial charge in [-0.2, -0.15) is 0 Å². The molecule has 2 aromatic rings. The number of hydrogen-bond acceptors (Lipinski definition) is 4. The van der Waals surface area contributed by atoms with Gasteiger partial charge in [-0.1, -0.05) is 18.2 Å². The number of para-hydroxylation sites is 1. The number of aromatic nitrogens is 1. The third-order valence-electron chi connectivity index (χ3n) is 4.47. The zero-order valence-electron chi connectivity index (χ0n) is 13.0. The maximum absolute atomic E-state index is 12.2. The number of fused-ring (bicyclic) bond motifs is 2. The fraction of sp³-hybridized carbons (Fsp3) is 0.444. The summed E-state index contributed by atoms with van der Waals surface area (Å²) < 4.78 is 5.71. The largest absolute Gasteiger partial charge is 0.480 e. The van der Waals surface area contributed by atoms with Gasteiger partial charge in [0.1, 0.15) is 5.75 Å². The van der Waals surface area contributed by atoms with E-state index in [-0.39, 0.29) is 5.91 Å². The number of carbonyl (C=O) groups excluding carboxylic acids is 1. The van der Waals surface area contributed by atoms with E-state index < -0.39 is 6.10 Å². The summed E-state index contributed by atoms with van der Waals surface area (Å²) in [5, 5.41) is 4.14. The Hall–Kier alpha value is -1.88. The van der Waals surface area contributed by atoms with Crippen LogP contribution in [-0.4, -0.2) is 23.5 Å². The summed E-state index contributed by atoms with van der Waals surface area (Å²) in [6.45, 7) is 0.626. The molecule has 120 valence electrons. The van der Waals surface area contributed by atoms with Crippen LogP contribution >= 0.6 is 11.3 Å². The molecule has 0 saturated heterocycles. The summed E-state index contributed by atoms with van der Waals surface area (Å²) in [7, 11) is 0. The van der Waals surface area contributed by atoms with Crippen LogP contribution in [0.2, 0.25) is 0 Å². The summed E-state index contributed by atoms with van der Waals surface area (Å²) >= 11 is 1.82. The number of carbonyl (C=O) groups is 1. The molecular formula is C18H20N2O2S. The molecule has 2 heterocycles. The van der Waals surface area contributed by atoms with Crippen LogP contribution in [0.25, 0.3) is 0 Å². The van der Waals surface area contributed by atoms with E-state index in [1.54, 1.807) is 0 Å². The SMILES string of the molecule is O=C(NCCc1nc2c(s1)CCCC2)[C@@H]1Cc2ccccc2O1. The Labute approximate surface area is 139 Å². The smallest absolute Gasteiger partial charge is 0.261 e. The average Bonchev–Trinajstić information content (AvgIpc) is 3.18. The van der Waals surface area contributed by atoms with Gasteiger partial charge in [-0.3, -0.25) is 4.79 Å². The van der Waals surface area contributed by atoms with Gasteiger partial charge in [-0.25, -0.2) is 4.98 Å². The second kappa shape index (κ2) is 6.32. The first-order valence-electron chi connectivity index (χ1n) is 8.29. The lowest BCUT2D eigenvalue weighted by atomic mass is 10.0. The van der Waals surface area contributed by atoms with Crippen molar-refractivity contribution in [2.75, 3.05) is 6.54 Å². The van der Waals surface area contributed by atoms with Crippen LogP contribution in [-0.2, 0) is 30.5 Å². The van der Waals surface area contributed by atoms with E-state index in [4.69, 9.17) is 9.72 Å². The molecule has 4 nitrogen and oxygen atoms in total. The highest BCUT2D eigenvalue weighted by molar-refractivity contribution is 7.11. The van der Waals surface area contributed by atoms with Crippen molar-refractivity contribution in [3.05, 3.63) is 45.4 Å². The molecule has 0 fully saturated rings. The van der Waals surface area contributed by atoms with Crippen molar-refractivity contribution in [2.45, 2.75) is 44.6 Å². The molecule has 0 unspecified atom stereocenters. The number of hydrogen-bond donors (Lipinski definition) is 1. The number of nitrogens with zero attached hydrogens (tertiary/aromatic N) is 1. The van der Waals surface area contributed by atoms with Crippen LogP contribution < -0.4 is 10.1 Å². The minimum atomic E-state index is -0.392. The van der Waals surface area contributed by atoms with E-state index in [2.05, 4.69) is 5.32 Å². The van der Waals surface area contributed by atoms with E-state index in [1.807, 2.05) is 35.6 Å². The van der Waals surface area contributed by atoms with Gasteiger partial charge in [0, 0.05) is 24.3 Å². The molecular weight excluding hydrogens is 308 g/mol. The van der Waals surface area contributed by atoms with Gasteiger partial charge in [0.2, 0.25) is 0 Å². The summed E-state index contributed by atoms with van der Waals surface area (Å²) in [6.07, 6.45) is 5.91. The summed E-state index contributed by atoms with van der Waals surface area (Å²) in [6, 6.07) is 7.85. The topological polar surface area (TPSA) is 51.2 Å². The van der Waals surface area contributed by atoms with Crippen molar-refractivity contribution in [3.63, 3.8) is 0 Å². The second-order valence-electron chi connectivity index (χ2n) is 6.14. The number of nitrogens with one attached hydrogen (secondary N) is 1. The Balaban J connectivity index is 1.28. The standard InChI is InChI=1S/C18H20N2O2S/c21-18(15-11-12-5-1-3-7-14(12)22-15)19-10-9-17-20-13-6-2-4-8-16(13)23-17/h1,3,5,7,15H,2,4,6,8-11H2,(H,19,21)/t15-/m0/s1. The van der Waals surface area contributed by atoms with Crippen LogP contribution in [0, 0.1) is 0 Å². The normalized spacial score (nSPS) is 18.9. The zero-order valence-corrected chi connectivity index (χ0v) is 13.8. The van der Waals surface area contributed by atoms with Crippen LogP contribution in [0.4, 0.5) is 0 Å². The highest BCUT2D eigenvalue weighted by atomic mass is 32.1. The van der Waals surface area contributed by atoms with Gasteiger partial charge in [0.25, 0.3) is 5.91 Å². The molecule has 5 heteroatoms. The highest BCUT2D eigenvalue weighted by Gasteiger charge is 2.28. The Bertz CT molecular complexity index is 677. The van der Waals surface area contributed by atoms with Gasteiger partial charge in [-0.15, -0.1) is 11.3 Å². The number of benzene rings is 1. The number of thiazole rings is 1. The van der Waals surface area contributed by atoms with E-state index in [9.17, 15) is 4.79 Å². The van der Waals surface area contributed by atoms with E-state index >= 15 is 0 Å². The molecule has 0 radical (unpaired) electrons. The van der Waals surface area contributed by atoms with E-state index in [0.29, 0.717) is 13.0 Å². The second-order valence-corrected chi connectivity index (χ2v) is 7.31. The zero-order chi connectivity index (χ0) is 15.6. The molecule has 1 aliphatic carbocycles. The Kier molecular flexibility index (Phi) is 4.04. The lowest BCUT2D eigenvalue weighted by molar-refractivity contribution is -0.127. The fourth-order valence-corrected chi connectivity index (χ4v) is 4.40. The molecule has 0 bridgehead atoms. The molecule has 1 aromatic heterocycles. The molecule has 2 aliphatic rings. The van der Waals surface area contributed by atoms with Crippen LogP contribution in [0.5, 0.6) is 5.75 Å². The number of ether oxygens (including phenoxy) is 1. The number of rotatable bonds is 4. The van der Waals surface area contributed by atoms with Crippen molar-refractivity contribution < 1.29 is 9.53 Å². The summed E-state index contributed by atoms with van der Waals surface area (Å²) in [5.74, 6) is 0.808. The third kappa shape index (κ3) is 3.11. The predicted molar refractivity (Wildman–Crippen MR) is 90.0 cm³/mol. The average molecular weight is 328 g/mol. The van der Waals surface area contributed by atoms with Gasteiger partial charge < -0.3 is 10.1 Å². The predicted octanol–water partition coefficient (Wildman–Crippen LogP) is 2.68. The molecule has 0 saturated carbocycles. The molecule has 4 rings (SSSR count). The lowest BCUT2D eigenvalue weighted by Gasteiger charge is -2.10. The first-order chi connectivity index (χ1) is 11.3. The van der Waals surface area contributed by atoms with Crippen LogP contribution in [0.15, 0.2) is 24.3 Å². The van der Waals surface area contributed by atoms with E-state index in [1.165, 1.54) is 29.8 Å². The third-order valence-corrected chi connectivity index (χ3v) is 5.68. The van der Waals surface area contributed by atoms with Crippen molar-refractivity contribution in [3.8, 4) is 5.75 Å². The maximum Gasteiger partial charge on any atom is 0.261 e. The van der Waals surface area contributed by atoms with Crippen molar-refractivity contribution in [2.24, 2.45) is 0 Å². The molecule has 1 aliphatic heterocycles. The highest BCUT2D eigenvalue weighted by Crippen LogP contribution is 2.28. The van der Waals surface area contributed by atoms with Crippen LogP contribution in [0.3, 0.4) is 0 Å². The van der Waals surface area contributed by atoms with Crippen LogP contribution in [0.1, 0.15) is 34.0 Å². The van der Waals surface area contributed by atoms with Gasteiger partial charge in [0.05, 0.1) is 10.7 Å². The Morgan fingerprint density at radius 2 is 2.17 bits per heavy atom. The van der Waals surface area contributed by atoms with E-state index in [0.717, 1.165) is 29.2 Å². The quantitative estimate of drug-likeness (QED) is 0.939. The first kappa shape index (κ1) is 14.7. The van der Waals surface area contributed by atoms with Gasteiger partial charge in [-0.05, 0) is 37.3 Å². The lowest BCUT2D eigenvalue weighted by Crippen LogP contribution is -2.38. The molecule has 23 heavy (non-hydrogen) atoms.